The molecular weight excluding hydrogens is 332 g/mol. The fourth-order valence-electron chi connectivity index (χ4n) is 2.47. The van der Waals surface area contributed by atoms with Crippen LogP contribution in [-0.2, 0) is 6.42 Å². The van der Waals surface area contributed by atoms with Crippen molar-refractivity contribution >= 4 is 26.7 Å². The van der Waals surface area contributed by atoms with Crippen molar-refractivity contribution in [2.24, 2.45) is 0 Å². The van der Waals surface area contributed by atoms with E-state index in [1.807, 2.05) is 36.4 Å². The third-order valence-corrected chi connectivity index (χ3v) is 4.20. The number of fused-ring (bicyclic) bond motifs is 1. The Bertz CT molecular complexity index is 764. The Kier molecular flexibility index (Phi) is 3.99. The van der Waals surface area contributed by atoms with Crippen LogP contribution >= 0.6 is 15.9 Å². The van der Waals surface area contributed by atoms with E-state index in [0.29, 0.717) is 12.2 Å². The Balaban J connectivity index is 1.98. The molecule has 108 valence electrons. The van der Waals surface area contributed by atoms with Crippen LogP contribution in [0, 0.1) is 0 Å². The van der Waals surface area contributed by atoms with E-state index < -0.39 is 6.10 Å². The normalized spacial score (nSPS) is 12.5. The van der Waals surface area contributed by atoms with Crippen molar-refractivity contribution < 1.29 is 14.3 Å². The van der Waals surface area contributed by atoms with E-state index in [0.717, 1.165) is 26.6 Å². The molecule has 4 heteroatoms. The molecule has 3 nitrogen and oxygen atoms in total. The fourth-order valence-corrected chi connectivity index (χ4v) is 2.93. The number of ether oxygens (including phenoxy) is 1. The maximum absolute atomic E-state index is 10.4. The summed E-state index contributed by atoms with van der Waals surface area (Å²) in [5.41, 5.74) is 1.06. The van der Waals surface area contributed by atoms with Crippen LogP contribution in [0.25, 0.3) is 10.8 Å². The molecule has 1 heterocycles. The number of aliphatic hydroxyl groups excluding tert-OH is 1. The van der Waals surface area contributed by atoms with Crippen LogP contribution in [-0.4, -0.2) is 12.2 Å². The van der Waals surface area contributed by atoms with Crippen molar-refractivity contribution in [3.63, 3.8) is 0 Å². The molecule has 0 saturated heterocycles. The van der Waals surface area contributed by atoms with Crippen LogP contribution in [0.5, 0.6) is 5.75 Å². The van der Waals surface area contributed by atoms with Gasteiger partial charge in [0, 0.05) is 6.42 Å². The standard InChI is InChI=1S/C17H15BrO3/c1-20-13-6-5-11-3-2-4-12(14(11)10-13)9-16(19)17-15(18)7-8-21-17/h2-8,10,16,19H,9H2,1H3. The maximum atomic E-state index is 10.4. The minimum absolute atomic E-state index is 0.483. The first-order chi connectivity index (χ1) is 10.2. The highest BCUT2D eigenvalue weighted by molar-refractivity contribution is 9.10. The Labute approximate surface area is 131 Å². The van der Waals surface area contributed by atoms with Crippen LogP contribution in [0.2, 0.25) is 0 Å². The lowest BCUT2D eigenvalue weighted by atomic mass is 9.99. The summed E-state index contributed by atoms with van der Waals surface area (Å²) in [6.45, 7) is 0. The van der Waals surface area contributed by atoms with E-state index in [2.05, 4.69) is 15.9 Å². The number of halogens is 1. The second-order valence-corrected chi connectivity index (χ2v) is 5.71. The molecule has 3 aromatic rings. The first kappa shape index (κ1) is 14.2. The van der Waals surface area contributed by atoms with Crippen LogP contribution in [0.15, 0.2) is 57.6 Å². The Morgan fingerprint density at radius 1 is 1.24 bits per heavy atom. The second kappa shape index (κ2) is 5.92. The molecular formula is C17H15BrO3. The molecule has 0 radical (unpaired) electrons. The number of methoxy groups -OCH3 is 1. The van der Waals surface area contributed by atoms with E-state index in [1.54, 1.807) is 19.4 Å². The predicted octanol–water partition coefficient (Wildman–Crippen LogP) is 4.48. The summed E-state index contributed by atoms with van der Waals surface area (Å²) >= 11 is 3.38. The lowest BCUT2D eigenvalue weighted by Gasteiger charge is -2.12. The smallest absolute Gasteiger partial charge is 0.146 e. The van der Waals surface area contributed by atoms with Gasteiger partial charge in [0.25, 0.3) is 0 Å². The Morgan fingerprint density at radius 2 is 2.10 bits per heavy atom. The van der Waals surface area contributed by atoms with Crippen molar-refractivity contribution in [3.8, 4) is 5.75 Å². The van der Waals surface area contributed by atoms with Gasteiger partial charge in [-0.05, 0) is 50.5 Å². The van der Waals surface area contributed by atoms with Gasteiger partial charge < -0.3 is 14.3 Å². The molecule has 1 unspecified atom stereocenters. The van der Waals surface area contributed by atoms with Crippen molar-refractivity contribution in [3.05, 3.63) is 64.5 Å². The zero-order valence-corrected chi connectivity index (χ0v) is 13.1. The highest BCUT2D eigenvalue weighted by Gasteiger charge is 2.16. The van der Waals surface area contributed by atoms with Crippen molar-refractivity contribution in [1.82, 2.24) is 0 Å². The summed E-state index contributed by atoms with van der Waals surface area (Å²) in [5, 5.41) is 12.6. The molecule has 3 rings (SSSR count). The number of hydrogen-bond donors (Lipinski definition) is 1. The minimum atomic E-state index is -0.689. The molecule has 0 saturated carbocycles. The maximum Gasteiger partial charge on any atom is 0.146 e. The van der Waals surface area contributed by atoms with Gasteiger partial charge in [-0.1, -0.05) is 24.3 Å². The molecule has 21 heavy (non-hydrogen) atoms. The number of hydrogen-bond acceptors (Lipinski definition) is 3. The molecule has 1 N–H and O–H groups in total. The molecule has 0 bridgehead atoms. The van der Waals surface area contributed by atoms with Crippen LogP contribution < -0.4 is 4.74 Å². The van der Waals surface area contributed by atoms with Gasteiger partial charge in [-0.2, -0.15) is 0 Å². The van der Waals surface area contributed by atoms with Gasteiger partial charge in [-0.25, -0.2) is 0 Å². The van der Waals surface area contributed by atoms with Gasteiger partial charge in [-0.15, -0.1) is 0 Å². The number of rotatable bonds is 4. The SMILES string of the molecule is COc1ccc2cccc(CC(O)c3occc3Br)c2c1. The molecule has 0 aliphatic heterocycles. The van der Waals surface area contributed by atoms with Crippen LogP contribution in [0.1, 0.15) is 17.4 Å². The second-order valence-electron chi connectivity index (χ2n) is 4.86. The first-order valence-electron chi connectivity index (χ1n) is 6.65. The average molecular weight is 347 g/mol. The Hall–Kier alpha value is -1.78. The van der Waals surface area contributed by atoms with Gasteiger partial charge in [0.05, 0.1) is 17.8 Å². The summed E-state index contributed by atoms with van der Waals surface area (Å²) in [7, 11) is 1.65. The zero-order chi connectivity index (χ0) is 14.8. The quantitative estimate of drug-likeness (QED) is 0.757. The first-order valence-corrected chi connectivity index (χ1v) is 7.45. The third-order valence-electron chi connectivity index (χ3n) is 3.54. The van der Waals surface area contributed by atoms with Gasteiger partial charge >= 0.3 is 0 Å². The third kappa shape index (κ3) is 2.82. The monoisotopic (exact) mass is 346 g/mol. The van der Waals surface area contributed by atoms with Gasteiger partial charge in [0.2, 0.25) is 0 Å². The number of aliphatic hydroxyl groups is 1. The van der Waals surface area contributed by atoms with Crippen molar-refractivity contribution in [1.29, 1.82) is 0 Å². The predicted molar refractivity (Wildman–Crippen MR) is 85.6 cm³/mol. The lowest BCUT2D eigenvalue weighted by Crippen LogP contribution is -2.02. The topological polar surface area (TPSA) is 42.6 Å². The zero-order valence-electron chi connectivity index (χ0n) is 11.5. The van der Waals surface area contributed by atoms with Gasteiger partial charge in [0.1, 0.15) is 17.6 Å². The summed E-state index contributed by atoms with van der Waals surface area (Å²) in [4.78, 5) is 0. The average Bonchev–Trinajstić information content (AvgIpc) is 2.93. The molecule has 0 spiro atoms. The van der Waals surface area contributed by atoms with Crippen LogP contribution in [0.4, 0.5) is 0 Å². The molecule has 2 aromatic carbocycles. The van der Waals surface area contributed by atoms with Crippen LogP contribution in [0.3, 0.4) is 0 Å². The van der Waals surface area contributed by atoms with E-state index in [1.165, 1.54) is 0 Å². The highest BCUT2D eigenvalue weighted by atomic mass is 79.9. The van der Waals surface area contributed by atoms with Crippen molar-refractivity contribution in [2.45, 2.75) is 12.5 Å². The van der Waals surface area contributed by atoms with E-state index in [4.69, 9.17) is 9.15 Å². The van der Waals surface area contributed by atoms with Gasteiger partial charge in [-0.3, -0.25) is 0 Å². The molecule has 1 aromatic heterocycles. The minimum Gasteiger partial charge on any atom is -0.497 e. The summed E-state index contributed by atoms with van der Waals surface area (Å²) < 4.78 is 11.4. The Morgan fingerprint density at radius 3 is 2.81 bits per heavy atom. The summed E-state index contributed by atoms with van der Waals surface area (Å²) in [6, 6.07) is 13.8. The summed E-state index contributed by atoms with van der Waals surface area (Å²) in [5.74, 6) is 1.36. The van der Waals surface area contributed by atoms with E-state index >= 15 is 0 Å². The highest BCUT2D eigenvalue weighted by Crippen LogP contribution is 2.30. The lowest BCUT2D eigenvalue weighted by molar-refractivity contribution is 0.149. The number of benzene rings is 2. The van der Waals surface area contributed by atoms with E-state index in [9.17, 15) is 5.11 Å². The summed E-state index contributed by atoms with van der Waals surface area (Å²) in [6.07, 6.45) is 1.36. The number of furan rings is 1. The fraction of sp³-hybridized carbons (Fsp3) is 0.176. The molecule has 1 atom stereocenters. The molecule has 0 aliphatic rings. The molecule has 0 fully saturated rings. The molecule has 0 amide bonds. The largest absolute Gasteiger partial charge is 0.497 e. The van der Waals surface area contributed by atoms with E-state index in [-0.39, 0.29) is 0 Å². The molecule has 0 aliphatic carbocycles. The van der Waals surface area contributed by atoms with Crippen molar-refractivity contribution in [2.75, 3.05) is 7.11 Å². The van der Waals surface area contributed by atoms with Gasteiger partial charge in [0.15, 0.2) is 0 Å².